The van der Waals surface area contributed by atoms with Gasteiger partial charge in [-0.05, 0) is 47.5 Å². The molecule has 6 nitrogen and oxygen atoms in total. The molecule has 0 unspecified atom stereocenters. The lowest BCUT2D eigenvalue weighted by molar-refractivity contribution is 0.238. The molecule has 0 bridgehead atoms. The number of rotatable bonds is 5. The number of nitrogens with two attached hydrogens (primary N) is 1. The lowest BCUT2D eigenvalue weighted by Crippen LogP contribution is -2.52. The van der Waals surface area contributed by atoms with E-state index in [4.69, 9.17) is 5.73 Å². The predicted molar refractivity (Wildman–Crippen MR) is 96.5 cm³/mol. The van der Waals surface area contributed by atoms with Crippen molar-refractivity contribution in [3.8, 4) is 0 Å². The van der Waals surface area contributed by atoms with Crippen molar-refractivity contribution in [2.45, 2.75) is 23.8 Å². The number of hydrogen-bond donors (Lipinski definition) is 1. The van der Waals surface area contributed by atoms with Gasteiger partial charge < -0.3 is 5.73 Å². The first kappa shape index (κ1) is 19.3. The van der Waals surface area contributed by atoms with E-state index in [0.717, 1.165) is 0 Å². The van der Waals surface area contributed by atoms with Crippen LogP contribution in [0.5, 0.6) is 0 Å². The molecule has 1 heterocycles. The van der Waals surface area contributed by atoms with E-state index in [-0.39, 0.29) is 35.9 Å². The Morgan fingerprint density at radius 3 is 2.52 bits per heavy atom. The Morgan fingerprint density at radius 1 is 1.35 bits per heavy atom. The third kappa shape index (κ3) is 3.98. The first-order chi connectivity index (χ1) is 10.5. The molecule has 0 spiro atoms. The molecule has 0 radical (unpaired) electrons. The summed E-state index contributed by atoms with van der Waals surface area (Å²) < 4.78 is 52.3. The smallest absolute Gasteiger partial charge is 0.244 e. The van der Waals surface area contributed by atoms with Crippen molar-refractivity contribution < 1.29 is 16.8 Å². The second-order valence-electron chi connectivity index (χ2n) is 5.78. The minimum Gasteiger partial charge on any atom is -0.329 e. The van der Waals surface area contributed by atoms with Crippen LogP contribution in [0.2, 0.25) is 0 Å². The first-order valence-electron chi connectivity index (χ1n) is 6.90. The van der Waals surface area contributed by atoms with Gasteiger partial charge in [-0.1, -0.05) is 15.9 Å². The van der Waals surface area contributed by atoms with Crippen LogP contribution in [0.25, 0.3) is 0 Å². The SMILES string of the molecule is C[C@]1(N(CCN)S(=O)(=O)c2cc(Br)ccc2Br)CCS(=O)(=O)C1. The fourth-order valence-corrected chi connectivity index (χ4v) is 8.29. The maximum Gasteiger partial charge on any atom is 0.244 e. The van der Waals surface area contributed by atoms with Gasteiger partial charge in [-0.15, -0.1) is 0 Å². The highest BCUT2D eigenvalue weighted by atomic mass is 79.9. The molecule has 1 aromatic rings. The van der Waals surface area contributed by atoms with E-state index in [9.17, 15) is 16.8 Å². The van der Waals surface area contributed by atoms with Crippen molar-refractivity contribution >= 4 is 51.7 Å². The Balaban J connectivity index is 2.54. The molecular weight excluding hydrogens is 472 g/mol. The Kier molecular flexibility index (Phi) is 5.65. The second kappa shape index (κ2) is 6.72. The van der Waals surface area contributed by atoms with Crippen molar-refractivity contribution in [3.05, 3.63) is 27.1 Å². The van der Waals surface area contributed by atoms with Crippen molar-refractivity contribution in [2.75, 3.05) is 24.6 Å². The monoisotopic (exact) mass is 488 g/mol. The number of halogens is 2. The number of sulfone groups is 1. The molecule has 2 N–H and O–H groups in total. The Labute approximate surface area is 153 Å². The molecule has 0 aliphatic carbocycles. The summed E-state index contributed by atoms with van der Waals surface area (Å²) in [5, 5.41) is 0. The van der Waals surface area contributed by atoms with Gasteiger partial charge in [-0.2, -0.15) is 4.31 Å². The average molecular weight is 490 g/mol. The van der Waals surface area contributed by atoms with Crippen LogP contribution in [-0.4, -0.2) is 51.3 Å². The summed E-state index contributed by atoms with van der Waals surface area (Å²) >= 11 is 6.53. The van der Waals surface area contributed by atoms with Gasteiger partial charge in [0.25, 0.3) is 0 Å². The van der Waals surface area contributed by atoms with Crippen molar-refractivity contribution in [3.63, 3.8) is 0 Å². The molecule has 0 saturated carbocycles. The molecular formula is C13H18Br2N2O4S2. The molecule has 23 heavy (non-hydrogen) atoms. The fourth-order valence-electron chi connectivity index (χ4n) is 2.78. The van der Waals surface area contributed by atoms with Gasteiger partial charge in [0, 0.05) is 27.6 Å². The Morgan fingerprint density at radius 2 is 2.00 bits per heavy atom. The van der Waals surface area contributed by atoms with E-state index in [0.29, 0.717) is 8.95 Å². The highest BCUT2D eigenvalue weighted by molar-refractivity contribution is 9.11. The van der Waals surface area contributed by atoms with Crippen LogP contribution in [0.3, 0.4) is 0 Å². The molecule has 0 amide bonds. The molecule has 0 aromatic heterocycles. The van der Waals surface area contributed by atoms with Gasteiger partial charge in [0.15, 0.2) is 9.84 Å². The van der Waals surface area contributed by atoms with Gasteiger partial charge in [0.1, 0.15) is 0 Å². The highest BCUT2D eigenvalue weighted by Crippen LogP contribution is 2.36. The topological polar surface area (TPSA) is 97.5 Å². The van der Waals surface area contributed by atoms with Gasteiger partial charge in [-0.25, -0.2) is 16.8 Å². The van der Waals surface area contributed by atoms with Gasteiger partial charge in [-0.3, -0.25) is 0 Å². The van der Waals surface area contributed by atoms with E-state index in [1.54, 1.807) is 19.1 Å². The van der Waals surface area contributed by atoms with E-state index >= 15 is 0 Å². The van der Waals surface area contributed by atoms with E-state index in [1.807, 2.05) is 0 Å². The molecule has 1 aromatic carbocycles. The molecule has 1 fully saturated rings. The van der Waals surface area contributed by atoms with E-state index in [1.165, 1.54) is 10.4 Å². The van der Waals surface area contributed by atoms with Crippen LogP contribution < -0.4 is 5.73 Å². The van der Waals surface area contributed by atoms with E-state index in [2.05, 4.69) is 31.9 Å². The third-order valence-electron chi connectivity index (χ3n) is 3.88. The van der Waals surface area contributed by atoms with Gasteiger partial charge >= 0.3 is 0 Å². The fraction of sp³-hybridized carbons (Fsp3) is 0.538. The molecule has 1 saturated heterocycles. The Hall–Kier alpha value is -0.000000000000000111. The quantitative estimate of drug-likeness (QED) is 0.679. The van der Waals surface area contributed by atoms with Crippen LogP contribution in [-0.2, 0) is 19.9 Å². The molecule has 2 rings (SSSR count). The molecule has 130 valence electrons. The maximum atomic E-state index is 13.1. The van der Waals surface area contributed by atoms with Crippen LogP contribution >= 0.6 is 31.9 Å². The zero-order valence-corrected chi connectivity index (χ0v) is 17.3. The highest BCUT2D eigenvalue weighted by Gasteiger charge is 2.48. The van der Waals surface area contributed by atoms with Crippen LogP contribution in [0.1, 0.15) is 13.3 Å². The number of benzene rings is 1. The zero-order chi connectivity index (χ0) is 17.5. The van der Waals surface area contributed by atoms with Gasteiger partial charge in [0.2, 0.25) is 10.0 Å². The number of hydrogen-bond acceptors (Lipinski definition) is 5. The van der Waals surface area contributed by atoms with Crippen LogP contribution in [0, 0.1) is 0 Å². The maximum absolute atomic E-state index is 13.1. The lowest BCUT2D eigenvalue weighted by atomic mass is 10.0. The third-order valence-corrected chi connectivity index (χ3v) is 9.31. The lowest BCUT2D eigenvalue weighted by Gasteiger charge is -2.36. The molecule has 1 aliphatic rings. The number of nitrogens with zero attached hydrogens (tertiary/aromatic N) is 1. The summed E-state index contributed by atoms with van der Waals surface area (Å²) in [6.07, 6.45) is 0.264. The summed E-state index contributed by atoms with van der Waals surface area (Å²) in [6.45, 7) is 1.84. The molecule has 1 atom stereocenters. The average Bonchev–Trinajstić information content (AvgIpc) is 2.73. The number of sulfonamides is 1. The molecule has 1 aliphatic heterocycles. The van der Waals surface area contributed by atoms with E-state index < -0.39 is 25.4 Å². The largest absolute Gasteiger partial charge is 0.329 e. The standard InChI is InChI=1S/C13H18Br2N2O4S2/c1-13(4-7-22(18,19)9-13)17(6-5-16)23(20,21)12-8-10(14)2-3-11(12)15/h2-3,8H,4-7,9,16H2,1H3/t13-/m0/s1. The van der Waals surface area contributed by atoms with Crippen molar-refractivity contribution in [1.29, 1.82) is 0 Å². The van der Waals surface area contributed by atoms with Crippen molar-refractivity contribution in [1.82, 2.24) is 4.31 Å². The van der Waals surface area contributed by atoms with Gasteiger partial charge in [0.05, 0.1) is 16.4 Å². The minimum absolute atomic E-state index is 0.0141. The van der Waals surface area contributed by atoms with Crippen LogP contribution in [0.15, 0.2) is 32.0 Å². The van der Waals surface area contributed by atoms with Crippen molar-refractivity contribution in [2.24, 2.45) is 5.73 Å². The summed E-state index contributed by atoms with van der Waals surface area (Å²) in [6, 6.07) is 4.85. The van der Waals surface area contributed by atoms with Crippen LogP contribution in [0.4, 0.5) is 0 Å². The summed E-state index contributed by atoms with van der Waals surface area (Å²) in [5.74, 6) is -0.204. The Bertz CT molecular complexity index is 811. The summed E-state index contributed by atoms with van der Waals surface area (Å²) in [7, 11) is -7.14. The predicted octanol–water partition coefficient (Wildman–Crippen LogP) is 1.74. The first-order valence-corrected chi connectivity index (χ1v) is 11.7. The minimum atomic E-state index is -3.90. The summed E-state index contributed by atoms with van der Waals surface area (Å²) in [4.78, 5) is 0.0887. The normalized spacial score (nSPS) is 24.2. The molecule has 10 heteroatoms. The zero-order valence-electron chi connectivity index (χ0n) is 12.5. The summed E-state index contributed by atoms with van der Waals surface area (Å²) in [5.41, 5.74) is 4.60. The second-order valence-corrected chi connectivity index (χ2v) is 11.6.